The average Bonchev–Trinajstić information content (AvgIpc) is 3.19. The zero-order valence-corrected chi connectivity index (χ0v) is 12.4. The number of nitrogens with zero attached hydrogens (tertiary/aromatic N) is 5. The van der Waals surface area contributed by atoms with E-state index < -0.39 is 5.54 Å². The van der Waals surface area contributed by atoms with E-state index in [0.29, 0.717) is 26.1 Å². The molecule has 0 radical (unpaired) electrons. The van der Waals surface area contributed by atoms with Crippen LogP contribution in [0.4, 0.5) is 0 Å². The van der Waals surface area contributed by atoms with Gasteiger partial charge in [-0.2, -0.15) is 0 Å². The number of hydrogen-bond acceptors (Lipinski definition) is 6. The molecule has 0 spiro atoms. The lowest BCUT2D eigenvalue weighted by Crippen LogP contribution is -2.55. The van der Waals surface area contributed by atoms with Crippen LogP contribution in [-0.4, -0.2) is 69.9 Å². The van der Waals surface area contributed by atoms with Gasteiger partial charge in [0.1, 0.15) is 11.9 Å². The van der Waals surface area contributed by atoms with E-state index in [1.807, 2.05) is 0 Å². The molecule has 0 saturated carbocycles. The summed E-state index contributed by atoms with van der Waals surface area (Å²) in [5.74, 6) is 0.0149. The number of nitrogens with one attached hydrogen (secondary N) is 1. The van der Waals surface area contributed by atoms with Crippen molar-refractivity contribution in [3.05, 3.63) is 6.33 Å². The first-order valence-electron chi connectivity index (χ1n) is 7.59. The van der Waals surface area contributed by atoms with Gasteiger partial charge in [0.2, 0.25) is 5.91 Å². The second-order valence-corrected chi connectivity index (χ2v) is 5.75. The summed E-state index contributed by atoms with van der Waals surface area (Å²) >= 11 is 0. The van der Waals surface area contributed by atoms with Gasteiger partial charge in [-0.05, 0) is 23.4 Å². The Balaban J connectivity index is 1.73. The molecule has 8 heteroatoms. The van der Waals surface area contributed by atoms with Gasteiger partial charge in [0.05, 0.1) is 0 Å². The van der Waals surface area contributed by atoms with Crippen LogP contribution in [0.1, 0.15) is 26.2 Å². The fraction of sp³-hybridized carbons (Fsp3) is 0.846. The van der Waals surface area contributed by atoms with Crippen LogP contribution in [0.5, 0.6) is 0 Å². The van der Waals surface area contributed by atoms with Crippen molar-refractivity contribution < 1.29 is 9.53 Å². The largest absolute Gasteiger partial charge is 0.381 e. The van der Waals surface area contributed by atoms with Crippen LogP contribution in [0.15, 0.2) is 6.33 Å². The Bertz CT molecular complexity index is 471. The van der Waals surface area contributed by atoms with Crippen molar-refractivity contribution >= 4 is 5.91 Å². The lowest BCUT2D eigenvalue weighted by atomic mass is 9.89. The molecular formula is C13H22N6O2. The molecule has 116 valence electrons. The number of amides is 1. The highest BCUT2D eigenvalue weighted by atomic mass is 16.5. The van der Waals surface area contributed by atoms with Crippen molar-refractivity contribution in [3.63, 3.8) is 0 Å². The van der Waals surface area contributed by atoms with Crippen molar-refractivity contribution in [2.75, 3.05) is 32.8 Å². The maximum Gasteiger partial charge on any atom is 0.248 e. The number of tetrazole rings is 1. The number of likely N-dealkylation sites (tertiary alicyclic amines) is 1. The minimum atomic E-state index is -0.707. The monoisotopic (exact) mass is 294 g/mol. The Morgan fingerprint density at radius 2 is 2.29 bits per heavy atom. The molecule has 2 saturated heterocycles. The van der Waals surface area contributed by atoms with Crippen molar-refractivity contribution in [3.8, 4) is 0 Å². The van der Waals surface area contributed by atoms with Crippen molar-refractivity contribution in [1.29, 1.82) is 0 Å². The summed E-state index contributed by atoms with van der Waals surface area (Å²) in [6.45, 7) is 6.24. The molecule has 1 atom stereocenters. The van der Waals surface area contributed by atoms with Gasteiger partial charge >= 0.3 is 0 Å². The first kappa shape index (κ1) is 14.4. The standard InChI is InChI=1S/C13H22N6O2/c1-2-18-6-3-11(9-18)15-12(20)13(4-7-21-8-5-13)19-10-14-16-17-19/h10-11H,2-9H2,1H3,(H,15,20). The zero-order valence-electron chi connectivity index (χ0n) is 12.4. The molecular weight excluding hydrogens is 272 g/mol. The SMILES string of the molecule is CCN1CCC(NC(=O)C2(n3cnnn3)CCOCC2)C1. The second kappa shape index (κ2) is 6.07. The summed E-state index contributed by atoms with van der Waals surface area (Å²) < 4.78 is 7.00. The summed E-state index contributed by atoms with van der Waals surface area (Å²) in [4.78, 5) is 15.2. The Morgan fingerprint density at radius 3 is 2.90 bits per heavy atom. The van der Waals surface area contributed by atoms with E-state index >= 15 is 0 Å². The maximum absolute atomic E-state index is 12.9. The summed E-state index contributed by atoms with van der Waals surface area (Å²) in [5.41, 5.74) is -0.707. The minimum absolute atomic E-state index is 0.0149. The number of carbonyl (C=O) groups excluding carboxylic acids is 1. The smallest absolute Gasteiger partial charge is 0.248 e. The van der Waals surface area contributed by atoms with Crippen molar-refractivity contribution in [2.24, 2.45) is 0 Å². The first-order valence-corrected chi connectivity index (χ1v) is 7.59. The van der Waals surface area contributed by atoms with E-state index in [-0.39, 0.29) is 11.9 Å². The Kier molecular flexibility index (Phi) is 4.16. The molecule has 3 rings (SSSR count). The number of likely N-dealkylation sites (N-methyl/N-ethyl adjacent to an activating group) is 1. The van der Waals surface area contributed by atoms with E-state index in [1.54, 1.807) is 4.68 Å². The fourth-order valence-electron chi connectivity index (χ4n) is 3.18. The molecule has 1 aromatic heterocycles. The summed E-state index contributed by atoms with van der Waals surface area (Å²) in [6, 6.07) is 0.216. The number of rotatable bonds is 4. The summed E-state index contributed by atoms with van der Waals surface area (Å²) in [7, 11) is 0. The fourth-order valence-corrected chi connectivity index (χ4v) is 3.18. The third-order valence-electron chi connectivity index (χ3n) is 4.58. The first-order chi connectivity index (χ1) is 10.2. The molecule has 21 heavy (non-hydrogen) atoms. The average molecular weight is 294 g/mol. The molecule has 2 aliphatic heterocycles. The Labute approximate surface area is 123 Å². The highest BCUT2D eigenvalue weighted by Gasteiger charge is 2.44. The quantitative estimate of drug-likeness (QED) is 0.797. The van der Waals surface area contributed by atoms with E-state index in [0.717, 1.165) is 26.1 Å². The molecule has 8 nitrogen and oxygen atoms in total. The molecule has 1 unspecified atom stereocenters. The maximum atomic E-state index is 12.9. The molecule has 3 heterocycles. The van der Waals surface area contributed by atoms with Crippen molar-refractivity contribution in [2.45, 2.75) is 37.8 Å². The highest BCUT2D eigenvalue weighted by molar-refractivity contribution is 5.84. The van der Waals surface area contributed by atoms with Crippen molar-refractivity contribution in [1.82, 2.24) is 30.4 Å². The van der Waals surface area contributed by atoms with E-state index in [1.165, 1.54) is 6.33 Å². The molecule has 0 aliphatic carbocycles. The minimum Gasteiger partial charge on any atom is -0.381 e. The van der Waals surface area contributed by atoms with Crippen LogP contribution in [0.2, 0.25) is 0 Å². The van der Waals surface area contributed by atoms with Crippen LogP contribution in [0.25, 0.3) is 0 Å². The van der Waals surface area contributed by atoms with Crippen LogP contribution in [0.3, 0.4) is 0 Å². The number of aromatic nitrogens is 4. The van der Waals surface area contributed by atoms with Gasteiger partial charge in [-0.15, -0.1) is 5.10 Å². The van der Waals surface area contributed by atoms with Gasteiger partial charge in [0.25, 0.3) is 0 Å². The predicted octanol–water partition coefficient (Wildman–Crippen LogP) is -0.611. The third-order valence-corrected chi connectivity index (χ3v) is 4.58. The topological polar surface area (TPSA) is 85.2 Å². The lowest BCUT2D eigenvalue weighted by molar-refractivity contribution is -0.136. The van der Waals surface area contributed by atoms with E-state index in [9.17, 15) is 4.79 Å². The normalized spacial score (nSPS) is 25.9. The van der Waals surface area contributed by atoms with Crippen LogP contribution in [0, 0.1) is 0 Å². The lowest BCUT2D eigenvalue weighted by Gasteiger charge is -2.35. The highest BCUT2D eigenvalue weighted by Crippen LogP contribution is 2.29. The molecule has 0 aromatic carbocycles. The van der Waals surface area contributed by atoms with Crippen LogP contribution >= 0.6 is 0 Å². The molecule has 2 aliphatic rings. The molecule has 1 aromatic rings. The van der Waals surface area contributed by atoms with E-state index in [4.69, 9.17) is 4.74 Å². The molecule has 1 amide bonds. The predicted molar refractivity (Wildman–Crippen MR) is 74.5 cm³/mol. The van der Waals surface area contributed by atoms with Crippen LogP contribution < -0.4 is 5.32 Å². The molecule has 1 N–H and O–H groups in total. The molecule has 0 bridgehead atoms. The van der Waals surface area contributed by atoms with Gasteiger partial charge in [0, 0.05) is 45.2 Å². The zero-order chi connectivity index (χ0) is 14.7. The number of ether oxygens (including phenoxy) is 1. The van der Waals surface area contributed by atoms with Gasteiger partial charge in [-0.1, -0.05) is 6.92 Å². The van der Waals surface area contributed by atoms with Gasteiger partial charge in [0.15, 0.2) is 0 Å². The Hall–Kier alpha value is -1.54. The Morgan fingerprint density at radius 1 is 1.48 bits per heavy atom. The van der Waals surface area contributed by atoms with E-state index in [2.05, 4.69) is 32.7 Å². The summed E-state index contributed by atoms with van der Waals surface area (Å²) in [6.07, 6.45) is 3.74. The summed E-state index contributed by atoms with van der Waals surface area (Å²) in [5, 5.41) is 14.5. The molecule has 2 fully saturated rings. The second-order valence-electron chi connectivity index (χ2n) is 5.75. The number of carbonyl (C=O) groups is 1. The van der Waals surface area contributed by atoms with Crippen LogP contribution in [-0.2, 0) is 15.1 Å². The van der Waals surface area contributed by atoms with Gasteiger partial charge < -0.3 is 15.0 Å². The third kappa shape index (κ3) is 2.77. The number of hydrogen-bond donors (Lipinski definition) is 1. The van der Waals surface area contributed by atoms with Gasteiger partial charge in [-0.25, -0.2) is 4.68 Å². The van der Waals surface area contributed by atoms with Gasteiger partial charge in [-0.3, -0.25) is 4.79 Å².